The molecule has 2 amide bonds. The predicted molar refractivity (Wildman–Crippen MR) is 127 cm³/mol. The molecule has 0 bridgehead atoms. The number of morpholine rings is 1. The molecule has 3 heterocycles. The lowest BCUT2D eigenvalue weighted by Gasteiger charge is -2.37. The molecule has 1 aromatic carbocycles. The number of amides is 2. The molecule has 0 radical (unpaired) electrons. The van der Waals surface area contributed by atoms with Crippen molar-refractivity contribution in [1.29, 1.82) is 0 Å². The highest BCUT2D eigenvalue weighted by Gasteiger charge is 2.39. The van der Waals surface area contributed by atoms with Crippen molar-refractivity contribution in [2.75, 3.05) is 36.5 Å². The van der Waals surface area contributed by atoms with Gasteiger partial charge in [0.1, 0.15) is 5.82 Å². The summed E-state index contributed by atoms with van der Waals surface area (Å²) in [5.41, 5.74) is 3.00. The van der Waals surface area contributed by atoms with E-state index >= 15 is 0 Å². The second-order valence-electron chi connectivity index (χ2n) is 8.13. The van der Waals surface area contributed by atoms with E-state index in [1.807, 2.05) is 38.1 Å². The lowest BCUT2D eigenvalue weighted by Crippen LogP contribution is -2.46. The number of anilines is 2. The highest BCUT2D eigenvalue weighted by Crippen LogP contribution is 2.63. The molecule has 4 N–H and O–H groups in total. The number of carbonyl (C=O) groups is 1. The fourth-order valence-corrected chi connectivity index (χ4v) is 5.66. The number of rotatable bonds is 5. The van der Waals surface area contributed by atoms with Gasteiger partial charge in [-0.05, 0) is 44.5 Å². The van der Waals surface area contributed by atoms with E-state index in [1.54, 1.807) is 0 Å². The molecular weight excluding hydrogens is 430 g/mol. The van der Waals surface area contributed by atoms with Crippen molar-refractivity contribution in [3.63, 3.8) is 0 Å². The number of hydrogen-bond donors (Lipinski definition) is 4. The van der Waals surface area contributed by atoms with Crippen molar-refractivity contribution >= 4 is 28.1 Å². The van der Waals surface area contributed by atoms with Crippen LogP contribution in [0.3, 0.4) is 0 Å². The Labute approximate surface area is 189 Å². The molecule has 1 fully saturated rings. The van der Waals surface area contributed by atoms with E-state index in [2.05, 4.69) is 22.5 Å². The number of hydrogen-bond acceptors (Lipinski definition) is 7. The van der Waals surface area contributed by atoms with E-state index in [9.17, 15) is 13.9 Å². The van der Waals surface area contributed by atoms with Crippen LogP contribution in [-0.2, 0) is 10.5 Å². The van der Waals surface area contributed by atoms with E-state index in [4.69, 9.17) is 14.7 Å². The Morgan fingerprint density at radius 1 is 1.25 bits per heavy atom. The monoisotopic (exact) mass is 461 g/mol. The van der Waals surface area contributed by atoms with Crippen LogP contribution in [0.15, 0.2) is 24.3 Å². The van der Waals surface area contributed by atoms with Gasteiger partial charge in [0, 0.05) is 29.9 Å². The fraction of sp³-hybridized carbons (Fsp3) is 0.500. The molecular formula is C22H31N5O4S. The van der Waals surface area contributed by atoms with Crippen LogP contribution in [0.25, 0.3) is 11.4 Å². The average Bonchev–Trinajstić information content (AvgIpc) is 3.02. The molecule has 1 unspecified atom stereocenters. The minimum atomic E-state index is -2.81. The van der Waals surface area contributed by atoms with Gasteiger partial charge in [0.25, 0.3) is 0 Å². The molecule has 0 spiro atoms. The van der Waals surface area contributed by atoms with Crippen LogP contribution >= 0.6 is 10.6 Å². The lowest BCUT2D eigenvalue weighted by atomic mass is 10.1. The number of benzene rings is 1. The molecule has 32 heavy (non-hydrogen) atoms. The Morgan fingerprint density at radius 3 is 2.69 bits per heavy atom. The van der Waals surface area contributed by atoms with Crippen LogP contribution in [0.2, 0.25) is 0 Å². The van der Waals surface area contributed by atoms with Gasteiger partial charge in [-0.3, -0.25) is 9.11 Å². The maximum Gasteiger partial charge on any atom is 0.319 e. The third-order valence-electron chi connectivity index (χ3n) is 6.03. The SMILES string of the molecule is CCNC(=O)Nc1ccc(-c2nc3c(c(N4CCOC[C@@H]4CC)n2)CS(O)(O)C3C)cc1. The normalized spacial score (nSPS) is 22.8. The number of ether oxygens (including phenoxy) is 1. The van der Waals surface area contributed by atoms with Gasteiger partial charge in [-0.25, -0.2) is 14.8 Å². The molecule has 0 aliphatic carbocycles. The summed E-state index contributed by atoms with van der Waals surface area (Å²) in [7, 11) is -2.81. The summed E-state index contributed by atoms with van der Waals surface area (Å²) in [5, 5.41) is 5.03. The van der Waals surface area contributed by atoms with Gasteiger partial charge >= 0.3 is 6.03 Å². The van der Waals surface area contributed by atoms with Crippen molar-refractivity contribution in [2.24, 2.45) is 0 Å². The summed E-state index contributed by atoms with van der Waals surface area (Å²) < 4.78 is 26.9. The molecule has 0 saturated carbocycles. The molecule has 2 atom stereocenters. The van der Waals surface area contributed by atoms with Crippen LogP contribution in [0.4, 0.5) is 16.3 Å². The second kappa shape index (κ2) is 9.22. The number of carbonyl (C=O) groups excluding carboxylic acids is 1. The van der Waals surface area contributed by atoms with E-state index in [0.717, 1.165) is 23.4 Å². The van der Waals surface area contributed by atoms with Crippen LogP contribution in [0.1, 0.15) is 43.7 Å². The maximum atomic E-state index is 11.8. The van der Waals surface area contributed by atoms with E-state index in [1.165, 1.54) is 0 Å². The Bertz CT molecular complexity index is 985. The quantitative estimate of drug-likeness (QED) is 0.526. The third-order valence-corrected chi connectivity index (χ3v) is 8.10. The van der Waals surface area contributed by atoms with Crippen LogP contribution in [-0.4, -0.2) is 57.4 Å². The van der Waals surface area contributed by atoms with Gasteiger partial charge in [0.05, 0.1) is 36.0 Å². The van der Waals surface area contributed by atoms with Gasteiger partial charge in [0.15, 0.2) is 5.82 Å². The minimum absolute atomic E-state index is 0.178. The maximum absolute atomic E-state index is 11.8. The molecule has 1 saturated heterocycles. The van der Waals surface area contributed by atoms with Crippen LogP contribution in [0.5, 0.6) is 0 Å². The zero-order valence-corrected chi connectivity index (χ0v) is 19.5. The molecule has 1 aromatic heterocycles. The number of urea groups is 1. The second-order valence-corrected chi connectivity index (χ2v) is 10.6. The molecule has 4 rings (SSSR count). The van der Waals surface area contributed by atoms with Gasteiger partial charge in [-0.15, -0.1) is 0 Å². The molecule has 9 nitrogen and oxygen atoms in total. The molecule has 10 heteroatoms. The summed E-state index contributed by atoms with van der Waals surface area (Å²) in [4.78, 5) is 23.7. The first-order valence-electron chi connectivity index (χ1n) is 11.0. The van der Waals surface area contributed by atoms with Crippen molar-refractivity contribution in [3.05, 3.63) is 35.5 Å². The Morgan fingerprint density at radius 2 is 2.00 bits per heavy atom. The van der Waals surface area contributed by atoms with E-state index in [-0.39, 0.29) is 17.8 Å². The fourth-order valence-electron chi connectivity index (χ4n) is 4.16. The predicted octanol–water partition coefficient (Wildman–Crippen LogP) is 4.23. The standard InChI is InChI=1S/C22H31N5O4S/c1-4-17-12-31-11-10-27(17)21-18-13-32(29,30)14(3)19(18)25-20(26-21)15-6-8-16(9-7-15)24-22(28)23-5-2/h6-9,14,17,29-30H,4-5,10-13H2,1-3H3,(H2,23,24,28)/t14?,17-/m0/s1. The van der Waals surface area contributed by atoms with Crippen molar-refractivity contribution in [2.45, 2.75) is 44.2 Å². The first-order valence-corrected chi connectivity index (χ1v) is 12.8. The van der Waals surface area contributed by atoms with Crippen molar-refractivity contribution < 1.29 is 18.6 Å². The highest BCUT2D eigenvalue weighted by molar-refractivity contribution is 8.24. The van der Waals surface area contributed by atoms with E-state index < -0.39 is 15.8 Å². The first-order chi connectivity index (χ1) is 15.3. The average molecular weight is 462 g/mol. The zero-order chi connectivity index (χ0) is 22.9. The highest BCUT2D eigenvalue weighted by atomic mass is 32.3. The number of aromatic nitrogens is 2. The van der Waals surface area contributed by atoms with Gasteiger partial charge in [-0.1, -0.05) is 6.92 Å². The Hall–Kier alpha value is -2.40. The summed E-state index contributed by atoms with van der Waals surface area (Å²) >= 11 is 0. The largest absolute Gasteiger partial charge is 0.377 e. The number of nitrogens with one attached hydrogen (secondary N) is 2. The summed E-state index contributed by atoms with van der Waals surface area (Å²) in [6, 6.07) is 7.26. The summed E-state index contributed by atoms with van der Waals surface area (Å²) in [5.74, 6) is 1.49. The molecule has 174 valence electrons. The number of fused-ring (bicyclic) bond motifs is 1. The third kappa shape index (κ3) is 4.40. The molecule has 2 aliphatic rings. The summed E-state index contributed by atoms with van der Waals surface area (Å²) in [6.07, 6.45) is 0.903. The van der Waals surface area contributed by atoms with E-state index in [0.29, 0.717) is 43.5 Å². The van der Waals surface area contributed by atoms with Crippen molar-refractivity contribution in [1.82, 2.24) is 15.3 Å². The van der Waals surface area contributed by atoms with Crippen LogP contribution < -0.4 is 15.5 Å². The Kier molecular flexibility index (Phi) is 6.57. The van der Waals surface area contributed by atoms with Gasteiger partial charge < -0.3 is 20.3 Å². The van der Waals surface area contributed by atoms with Gasteiger partial charge in [0.2, 0.25) is 0 Å². The smallest absolute Gasteiger partial charge is 0.319 e. The first kappa shape index (κ1) is 22.8. The zero-order valence-electron chi connectivity index (χ0n) is 18.7. The van der Waals surface area contributed by atoms with Crippen molar-refractivity contribution in [3.8, 4) is 11.4 Å². The molecule has 2 aliphatic heterocycles. The lowest BCUT2D eigenvalue weighted by molar-refractivity contribution is 0.0925. The van der Waals surface area contributed by atoms with Crippen LogP contribution in [0, 0.1) is 0 Å². The van der Waals surface area contributed by atoms with Gasteiger partial charge in [-0.2, -0.15) is 10.6 Å². The summed E-state index contributed by atoms with van der Waals surface area (Å²) in [6.45, 7) is 8.27. The topological polar surface area (TPSA) is 120 Å². The molecule has 2 aromatic rings. The Balaban J connectivity index is 1.72. The minimum Gasteiger partial charge on any atom is -0.377 e. The number of nitrogens with zero attached hydrogens (tertiary/aromatic N) is 3.